The summed E-state index contributed by atoms with van der Waals surface area (Å²) in [6.45, 7) is 2.32. The van der Waals surface area contributed by atoms with Crippen LogP contribution in [0.25, 0.3) is 5.70 Å². The lowest BCUT2D eigenvalue weighted by Gasteiger charge is -2.16. The van der Waals surface area contributed by atoms with Crippen molar-refractivity contribution in [2.75, 3.05) is 13.1 Å². The fourth-order valence-corrected chi connectivity index (χ4v) is 2.87. The summed E-state index contributed by atoms with van der Waals surface area (Å²) in [7, 11) is 0. The van der Waals surface area contributed by atoms with E-state index in [9.17, 15) is 4.79 Å². The largest absolute Gasteiger partial charge is 0.467 e. The summed E-state index contributed by atoms with van der Waals surface area (Å²) in [5.74, 6) is 1.25. The number of nitrogens with one attached hydrogen (secondary N) is 1. The first kappa shape index (κ1) is 17.7. The standard InChI is InChI=1S/C20H24N4O2/c21-18(8-9-19(22)24-10-1-2-11-24)15-5-3-6-16(13-15)20(25)23-14-17-7-4-12-26-17/h3-9,12-13H,1-2,10-11,14,21-22H2,(H,23,25)/b18-8-,19-9+. The van der Waals surface area contributed by atoms with E-state index in [1.165, 1.54) is 12.8 Å². The monoisotopic (exact) mass is 352 g/mol. The summed E-state index contributed by atoms with van der Waals surface area (Å²) < 4.78 is 5.21. The Hall–Kier alpha value is -3.15. The smallest absolute Gasteiger partial charge is 0.251 e. The van der Waals surface area contributed by atoms with Crippen molar-refractivity contribution in [2.45, 2.75) is 19.4 Å². The van der Waals surface area contributed by atoms with Crippen molar-refractivity contribution in [3.63, 3.8) is 0 Å². The first-order chi connectivity index (χ1) is 12.6. The van der Waals surface area contributed by atoms with E-state index < -0.39 is 0 Å². The molecule has 1 fully saturated rings. The van der Waals surface area contributed by atoms with Gasteiger partial charge in [0, 0.05) is 24.4 Å². The fourth-order valence-electron chi connectivity index (χ4n) is 2.87. The maximum atomic E-state index is 12.3. The Labute approximate surface area is 153 Å². The Morgan fingerprint density at radius 3 is 2.62 bits per heavy atom. The van der Waals surface area contributed by atoms with Crippen LogP contribution in [0.1, 0.15) is 34.5 Å². The van der Waals surface area contributed by atoms with Crippen LogP contribution in [0.15, 0.2) is 65.1 Å². The lowest BCUT2D eigenvalue weighted by molar-refractivity contribution is 0.0948. The van der Waals surface area contributed by atoms with Gasteiger partial charge in [-0.05, 0) is 54.8 Å². The summed E-state index contributed by atoms with van der Waals surface area (Å²) in [4.78, 5) is 14.4. The molecule has 1 aliphatic rings. The Kier molecular flexibility index (Phi) is 5.63. The molecule has 2 aromatic rings. The minimum absolute atomic E-state index is 0.178. The average Bonchev–Trinajstić information content (AvgIpc) is 3.37. The molecule has 1 amide bonds. The van der Waals surface area contributed by atoms with E-state index in [1.54, 1.807) is 30.5 Å². The number of hydrogen-bond acceptors (Lipinski definition) is 5. The number of amides is 1. The zero-order valence-corrected chi connectivity index (χ0v) is 14.7. The van der Waals surface area contributed by atoms with Crippen molar-refractivity contribution in [2.24, 2.45) is 11.5 Å². The van der Waals surface area contributed by atoms with E-state index >= 15 is 0 Å². The van der Waals surface area contributed by atoms with Crippen LogP contribution >= 0.6 is 0 Å². The van der Waals surface area contributed by atoms with Crippen molar-refractivity contribution in [1.82, 2.24) is 10.2 Å². The van der Waals surface area contributed by atoms with Crippen molar-refractivity contribution in [1.29, 1.82) is 0 Å². The molecule has 136 valence electrons. The third-order valence-corrected chi connectivity index (χ3v) is 4.37. The van der Waals surface area contributed by atoms with E-state index in [0.717, 1.165) is 24.5 Å². The van der Waals surface area contributed by atoms with Gasteiger partial charge in [0.1, 0.15) is 5.76 Å². The molecule has 5 N–H and O–H groups in total. The second-order valence-electron chi connectivity index (χ2n) is 6.25. The van der Waals surface area contributed by atoms with Crippen molar-refractivity contribution in [3.05, 3.63) is 77.5 Å². The van der Waals surface area contributed by atoms with Gasteiger partial charge in [0.15, 0.2) is 0 Å². The van der Waals surface area contributed by atoms with Crippen LogP contribution in [0, 0.1) is 0 Å². The van der Waals surface area contributed by atoms with E-state index in [2.05, 4.69) is 10.2 Å². The number of carbonyl (C=O) groups excluding carboxylic acids is 1. The first-order valence-electron chi connectivity index (χ1n) is 8.72. The van der Waals surface area contributed by atoms with Crippen molar-refractivity contribution >= 4 is 11.6 Å². The van der Waals surface area contributed by atoms with E-state index in [0.29, 0.717) is 23.6 Å². The second kappa shape index (κ2) is 8.29. The summed E-state index contributed by atoms with van der Waals surface area (Å²) in [6, 6.07) is 10.8. The van der Waals surface area contributed by atoms with Gasteiger partial charge in [-0.15, -0.1) is 0 Å². The number of hydrogen-bond donors (Lipinski definition) is 3. The van der Waals surface area contributed by atoms with Crippen LogP contribution < -0.4 is 16.8 Å². The summed E-state index contributed by atoms with van der Waals surface area (Å²) >= 11 is 0. The molecular weight excluding hydrogens is 328 g/mol. The van der Waals surface area contributed by atoms with Gasteiger partial charge in [0.2, 0.25) is 0 Å². The number of carbonyl (C=O) groups is 1. The molecule has 6 heteroatoms. The number of nitrogens with two attached hydrogens (primary N) is 2. The van der Waals surface area contributed by atoms with Gasteiger partial charge in [0.25, 0.3) is 5.91 Å². The second-order valence-corrected chi connectivity index (χ2v) is 6.25. The highest BCUT2D eigenvalue weighted by Gasteiger charge is 2.11. The molecule has 1 aromatic heterocycles. The number of benzene rings is 1. The predicted molar refractivity (Wildman–Crippen MR) is 102 cm³/mol. The molecule has 1 saturated heterocycles. The Bertz CT molecular complexity index is 803. The Balaban J connectivity index is 1.66. The average molecular weight is 352 g/mol. The highest BCUT2D eigenvalue weighted by atomic mass is 16.3. The zero-order valence-electron chi connectivity index (χ0n) is 14.7. The molecule has 0 aliphatic carbocycles. The lowest BCUT2D eigenvalue weighted by atomic mass is 10.1. The molecule has 0 radical (unpaired) electrons. The maximum Gasteiger partial charge on any atom is 0.251 e. The predicted octanol–water partition coefficient (Wildman–Crippen LogP) is 2.41. The quantitative estimate of drug-likeness (QED) is 0.694. The van der Waals surface area contributed by atoms with Crippen molar-refractivity contribution < 1.29 is 9.21 Å². The van der Waals surface area contributed by atoms with E-state index in [-0.39, 0.29) is 5.91 Å². The van der Waals surface area contributed by atoms with Gasteiger partial charge >= 0.3 is 0 Å². The number of allylic oxidation sites excluding steroid dienone is 2. The van der Waals surface area contributed by atoms with Gasteiger partial charge in [-0.3, -0.25) is 4.79 Å². The fraction of sp³-hybridized carbons (Fsp3) is 0.250. The van der Waals surface area contributed by atoms with Crippen LogP contribution in [0.4, 0.5) is 0 Å². The molecule has 1 aromatic carbocycles. The number of rotatable bonds is 6. The lowest BCUT2D eigenvalue weighted by Crippen LogP contribution is -2.24. The molecule has 0 unspecified atom stereocenters. The van der Waals surface area contributed by atoms with Gasteiger partial charge in [-0.1, -0.05) is 12.1 Å². The van der Waals surface area contributed by atoms with Crippen LogP contribution in [0.2, 0.25) is 0 Å². The number of nitrogens with zero attached hydrogens (tertiary/aromatic N) is 1. The van der Waals surface area contributed by atoms with E-state index in [1.807, 2.05) is 24.3 Å². The third-order valence-electron chi connectivity index (χ3n) is 4.37. The molecular formula is C20H24N4O2. The minimum atomic E-state index is -0.178. The molecule has 26 heavy (non-hydrogen) atoms. The first-order valence-corrected chi connectivity index (χ1v) is 8.72. The summed E-state index contributed by atoms with van der Waals surface area (Å²) in [6.07, 6.45) is 7.53. The normalized spacial score (nSPS) is 15.3. The molecule has 0 atom stereocenters. The van der Waals surface area contributed by atoms with Crippen LogP contribution in [0.3, 0.4) is 0 Å². The minimum Gasteiger partial charge on any atom is -0.467 e. The molecule has 0 saturated carbocycles. The topological polar surface area (TPSA) is 97.5 Å². The highest BCUT2D eigenvalue weighted by Crippen LogP contribution is 2.14. The maximum absolute atomic E-state index is 12.3. The number of likely N-dealkylation sites (tertiary alicyclic amines) is 1. The van der Waals surface area contributed by atoms with Crippen LogP contribution in [-0.2, 0) is 6.54 Å². The summed E-state index contributed by atoms with van der Waals surface area (Å²) in [5, 5.41) is 2.82. The van der Waals surface area contributed by atoms with Gasteiger partial charge in [-0.25, -0.2) is 0 Å². The van der Waals surface area contributed by atoms with Gasteiger partial charge in [-0.2, -0.15) is 0 Å². The van der Waals surface area contributed by atoms with Gasteiger partial charge < -0.3 is 26.1 Å². The highest BCUT2D eigenvalue weighted by molar-refractivity contribution is 5.95. The van der Waals surface area contributed by atoms with Crippen LogP contribution in [-0.4, -0.2) is 23.9 Å². The Morgan fingerprint density at radius 1 is 1.12 bits per heavy atom. The van der Waals surface area contributed by atoms with Crippen LogP contribution in [0.5, 0.6) is 0 Å². The third kappa shape index (κ3) is 4.47. The molecule has 0 bridgehead atoms. The molecule has 3 rings (SSSR count). The van der Waals surface area contributed by atoms with E-state index in [4.69, 9.17) is 15.9 Å². The molecule has 0 spiro atoms. The Morgan fingerprint density at radius 2 is 1.88 bits per heavy atom. The molecule has 6 nitrogen and oxygen atoms in total. The zero-order chi connectivity index (χ0) is 18.4. The SMILES string of the molecule is N/C(=C\C=C(/N)N1CCCC1)c1cccc(C(=O)NCc2ccco2)c1. The van der Waals surface area contributed by atoms with Crippen molar-refractivity contribution in [3.8, 4) is 0 Å². The summed E-state index contributed by atoms with van der Waals surface area (Å²) in [5.41, 5.74) is 14.1. The molecule has 1 aliphatic heterocycles. The molecule has 2 heterocycles. The van der Waals surface area contributed by atoms with Gasteiger partial charge in [0.05, 0.1) is 18.6 Å². The number of furan rings is 1.